The van der Waals surface area contributed by atoms with Crippen LogP contribution in [0.1, 0.15) is 37.7 Å². The highest BCUT2D eigenvalue weighted by molar-refractivity contribution is 5.76. The predicted molar refractivity (Wildman–Crippen MR) is 93.6 cm³/mol. The van der Waals surface area contributed by atoms with Gasteiger partial charge in [-0.1, -0.05) is 18.9 Å². The fourth-order valence-corrected chi connectivity index (χ4v) is 2.85. The molecule has 128 valence electrons. The molecule has 23 heavy (non-hydrogen) atoms. The topological polar surface area (TPSA) is 67.6 Å². The monoisotopic (exact) mass is 319 g/mol. The van der Waals surface area contributed by atoms with E-state index in [-0.39, 0.29) is 5.91 Å². The number of hydrogen-bond acceptors (Lipinski definition) is 4. The van der Waals surface area contributed by atoms with Gasteiger partial charge in [-0.15, -0.1) is 0 Å². The number of carbonyl (C=O) groups is 1. The van der Waals surface area contributed by atoms with Crippen LogP contribution in [-0.2, 0) is 11.2 Å². The molecule has 0 radical (unpaired) electrons. The van der Waals surface area contributed by atoms with E-state index in [1.807, 2.05) is 32.3 Å². The molecule has 3 N–H and O–H groups in total. The Kier molecular flexibility index (Phi) is 6.71. The summed E-state index contributed by atoms with van der Waals surface area (Å²) in [5, 5.41) is 3.11. The fraction of sp³-hybridized carbons (Fsp3) is 0.611. The first-order valence-electron chi connectivity index (χ1n) is 8.50. The molecule has 1 saturated carbocycles. The molecular formula is C18H29N3O2. The number of nitrogen functional groups attached to an aromatic ring is 1. The number of aryl methyl sites for hydroxylation is 1. The van der Waals surface area contributed by atoms with Crippen molar-refractivity contribution in [1.82, 2.24) is 10.2 Å². The Balaban J connectivity index is 1.76. The van der Waals surface area contributed by atoms with Gasteiger partial charge in [0.15, 0.2) is 0 Å². The Morgan fingerprint density at radius 3 is 2.74 bits per heavy atom. The highest BCUT2D eigenvalue weighted by Crippen LogP contribution is 2.23. The molecule has 0 unspecified atom stereocenters. The average molecular weight is 319 g/mol. The Labute approximate surface area is 139 Å². The van der Waals surface area contributed by atoms with Crippen LogP contribution < -0.4 is 15.8 Å². The minimum atomic E-state index is 0.141. The van der Waals surface area contributed by atoms with Crippen LogP contribution in [0.2, 0.25) is 0 Å². The van der Waals surface area contributed by atoms with Gasteiger partial charge in [0.1, 0.15) is 12.4 Å². The van der Waals surface area contributed by atoms with E-state index in [2.05, 4.69) is 10.2 Å². The highest BCUT2D eigenvalue weighted by atomic mass is 16.5. The lowest BCUT2D eigenvalue weighted by Crippen LogP contribution is -2.32. The molecule has 0 aliphatic heterocycles. The largest absolute Gasteiger partial charge is 0.490 e. The molecule has 5 nitrogen and oxygen atoms in total. The second-order valence-electron chi connectivity index (χ2n) is 6.57. The van der Waals surface area contributed by atoms with Gasteiger partial charge in [0, 0.05) is 19.0 Å². The van der Waals surface area contributed by atoms with Gasteiger partial charge in [-0.25, -0.2) is 0 Å². The second kappa shape index (κ2) is 8.77. The first-order chi connectivity index (χ1) is 11.0. The lowest BCUT2D eigenvalue weighted by Gasteiger charge is -2.14. The quantitative estimate of drug-likeness (QED) is 0.721. The smallest absolute Gasteiger partial charge is 0.220 e. The summed E-state index contributed by atoms with van der Waals surface area (Å²) in [5.41, 5.74) is 7.75. The van der Waals surface area contributed by atoms with E-state index in [1.165, 1.54) is 12.8 Å². The van der Waals surface area contributed by atoms with Crippen LogP contribution in [0, 0.1) is 0 Å². The Hall–Kier alpha value is -1.75. The third-order valence-electron chi connectivity index (χ3n) is 4.23. The molecule has 1 aromatic rings. The molecule has 5 heteroatoms. The van der Waals surface area contributed by atoms with Crippen molar-refractivity contribution >= 4 is 11.6 Å². The molecule has 1 aliphatic rings. The number of ether oxygens (including phenoxy) is 1. The molecule has 1 fully saturated rings. The number of nitrogens with one attached hydrogen (secondary N) is 1. The number of hydrogen-bond donors (Lipinski definition) is 2. The summed E-state index contributed by atoms with van der Waals surface area (Å²) < 4.78 is 5.67. The van der Waals surface area contributed by atoms with E-state index < -0.39 is 0 Å². The Morgan fingerprint density at radius 1 is 1.35 bits per heavy atom. The summed E-state index contributed by atoms with van der Waals surface area (Å²) in [5.74, 6) is 0.854. The van der Waals surface area contributed by atoms with Gasteiger partial charge in [0.25, 0.3) is 0 Å². The number of benzene rings is 1. The summed E-state index contributed by atoms with van der Waals surface area (Å²) in [4.78, 5) is 14.0. The van der Waals surface area contributed by atoms with Crippen molar-refractivity contribution in [2.45, 2.75) is 44.6 Å². The molecule has 1 amide bonds. The first-order valence-corrected chi connectivity index (χ1v) is 8.50. The molecule has 1 aliphatic carbocycles. The van der Waals surface area contributed by atoms with E-state index in [0.29, 0.717) is 36.9 Å². The van der Waals surface area contributed by atoms with Crippen LogP contribution in [0.3, 0.4) is 0 Å². The summed E-state index contributed by atoms with van der Waals surface area (Å²) in [6.45, 7) is 1.46. The Morgan fingerprint density at radius 2 is 2.09 bits per heavy atom. The van der Waals surface area contributed by atoms with Crippen LogP contribution in [-0.4, -0.2) is 44.1 Å². The van der Waals surface area contributed by atoms with Gasteiger partial charge in [0.05, 0.1) is 5.69 Å². The normalized spacial score (nSPS) is 15.1. The van der Waals surface area contributed by atoms with Gasteiger partial charge in [-0.2, -0.15) is 0 Å². The third kappa shape index (κ3) is 6.10. The maximum Gasteiger partial charge on any atom is 0.220 e. The molecule has 1 aromatic carbocycles. The van der Waals surface area contributed by atoms with Crippen LogP contribution in [0.15, 0.2) is 18.2 Å². The number of anilines is 1. The average Bonchev–Trinajstić information content (AvgIpc) is 2.99. The zero-order chi connectivity index (χ0) is 16.7. The molecular weight excluding hydrogens is 290 g/mol. The van der Waals surface area contributed by atoms with Gasteiger partial charge in [-0.05, 0) is 51.1 Å². The lowest BCUT2D eigenvalue weighted by atomic mass is 10.1. The molecule has 0 saturated heterocycles. The number of nitrogens with two attached hydrogens (primary N) is 1. The van der Waals surface area contributed by atoms with Crippen LogP contribution >= 0.6 is 0 Å². The number of rotatable bonds is 8. The second-order valence-corrected chi connectivity index (χ2v) is 6.57. The van der Waals surface area contributed by atoms with Crippen molar-refractivity contribution in [3.05, 3.63) is 23.8 Å². The van der Waals surface area contributed by atoms with Crippen molar-refractivity contribution < 1.29 is 9.53 Å². The molecule has 2 rings (SSSR count). The van der Waals surface area contributed by atoms with Crippen LogP contribution in [0.5, 0.6) is 5.75 Å². The first kappa shape index (κ1) is 17.6. The predicted octanol–water partition coefficient (Wildman–Crippen LogP) is 2.20. The number of amides is 1. The molecule has 0 heterocycles. The van der Waals surface area contributed by atoms with Gasteiger partial charge in [0.2, 0.25) is 5.91 Å². The van der Waals surface area contributed by atoms with E-state index in [0.717, 1.165) is 24.9 Å². The standard InChI is InChI=1S/C18H29N3O2/c1-21(2)11-12-23-17-9-7-14(13-16(17)19)8-10-18(22)20-15-5-3-4-6-15/h7,9,13,15H,3-6,8,10-12,19H2,1-2H3,(H,20,22). The van der Waals surface area contributed by atoms with Crippen molar-refractivity contribution in [2.75, 3.05) is 33.0 Å². The van der Waals surface area contributed by atoms with Gasteiger partial charge >= 0.3 is 0 Å². The number of likely N-dealkylation sites (N-methyl/N-ethyl adjacent to an activating group) is 1. The van der Waals surface area contributed by atoms with Gasteiger partial charge in [-0.3, -0.25) is 4.79 Å². The summed E-state index contributed by atoms with van der Waals surface area (Å²) >= 11 is 0. The number of nitrogens with zero attached hydrogens (tertiary/aromatic N) is 1. The summed E-state index contributed by atoms with van der Waals surface area (Å²) in [6.07, 6.45) is 5.93. The van der Waals surface area contributed by atoms with E-state index >= 15 is 0 Å². The zero-order valence-electron chi connectivity index (χ0n) is 14.3. The summed E-state index contributed by atoms with van der Waals surface area (Å²) in [7, 11) is 4.01. The molecule has 0 spiro atoms. The minimum Gasteiger partial charge on any atom is -0.490 e. The minimum absolute atomic E-state index is 0.141. The Bertz CT molecular complexity index is 511. The zero-order valence-corrected chi connectivity index (χ0v) is 14.3. The number of carbonyl (C=O) groups excluding carboxylic acids is 1. The SMILES string of the molecule is CN(C)CCOc1ccc(CCC(=O)NC2CCCC2)cc1N. The van der Waals surface area contributed by atoms with Crippen LogP contribution in [0.4, 0.5) is 5.69 Å². The van der Waals surface area contributed by atoms with Crippen molar-refractivity contribution in [1.29, 1.82) is 0 Å². The van der Waals surface area contributed by atoms with E-state index in [4.69, 9.17) is 10.5 Å². The molecule has 0 aromatic heterocycles. The van der Waals surface area contributed by atoms with Gasteiger partial charge < -0.3 is 20.7 Å². The van der Waals surface area contributed by atoms with Crippen molar-refractivity contribution in [3.8, 4) is 5.75 Å². The fourth-order valence-electron chi connectivity index (χ4n) is 2.85. The van der Waals surface area contributed by atoms with Crippen molar-refractivity contribution in [2.24, 2.45) is 0 Å². The third-order valence-corrected chi connectivity index (χ3v) is 4.23. The maximum atomic E-state index is 12.0. The van der Waals surface area contributed by atoms with E-state index in [1.54, 1.807) is 0 Å². The highest BCUT2D eigenvalue weighted by Gasteiger charge is 2.16. The molecule has 0 atom stereocenters. The van der Waals surface area contributed by atoms with Crippen molar-refractivity contribution in [3.63, 3.8) is 0 Å². The van der Waals surface area contributed by atoms with E-state index in [9.17, 15) is 4.79 Å². The molecule has 0 bridgehead atoms. The lowest BCUT2D eigenvalue weighted by molar-refractivity contribution is -0.121. The summed E-state index contributed by atoms with van der Waals surface area (Å²) in [6, 6.07) is 6.19. The maximum absolute atomic E-state index is 12.0. The van der Waals surface area contributed by atoms with Crippen LogP contribution in [0.25, 0.3) is 0 Å².